The second-order valence-corrected chi connectivity index (χ2v) is 6.08. The van der Waals surface area contributed by atoms with Crippen LogP contribution in [0.1, 0.15) is 47.1 Å². The van der Waals surface area contributed by atoms with Gasteiger partial charge >= 0.3 is 0 Å². The highest BCUT2D eigenvalue weighted by Crippen LogP contribution is 2.27. The third-order valence-corrected chi connectivity index (χ3v) is 4.40. The van der Waals surface area contributed by atoms with Crippen LogP contribution in [0.2, 0.25) is 0 Å². The lowest BCUT2D eigenvalue weighted by Gasteiger charge is -2.25. The van der Waals surface area contributed by atoms with Crippen LogP contribution < -0.4 is 5.32 Å². The van der Waals surface area contributed by atoms with E-state index in [1.54, 1.807) is 0 Å². The van der Waals surface area contributed by atoms with E-state index >= 15 is 0 Å². The number of fused-ring (bicyclic) bond motifs is 1. The molecule has 0 aliphatic carbocycles. The molecular formula is C18H22N2O3. The van der Waals surface area contributed by atoms with Gasteiger partial charge < -0.3 is 14.6 Å². The molecule has 1 N–H and O–H groups in total. The van der Waals surface area contributed by atoms with Crippen molar-refractivity contribution in [2.45, 2.75) is 39.2 Å². The van der Waals surface area contributed by atoms with Crippen molar-refractivity contribution in [3.05, 3.63) is 52.4 Å². The molecule has 5 heteroatoms. The van der Waals surface area contributed by atoms with Crippen LogP contribution in [0.3, 0.4) is 0 Å². The summed E-state index contributed by atoms with van der Waals surface area (Å²) in [5.74, 6) is 0.864. The maximum absolute atomic E-state index is 12.5. The largest absolute Gasteiger partial charge is 0.363 e. The van der Waals surface area contributed by atoms with Gasteiger partial charge in [-0.25, -0.2) is 0 Å². The predicted octanol–water partition coefficient (Wildman–Crippen LogP) is 2.83. The third-order valence-electron chi connectivity index (χ3n) is 4.40. The highest BCUT2D eigenvalue weighted by atomic mass is 16.5. The first-order valence-corrected chi connectivity index (χ1v) is 7.97. The van der Waals surface area contributed by atoms with Crippen LogP contribution in [0.5, 0.6) is 0 Å². The quantitative estimate of drug-likeness (QED) is 0.942. The fraction of sp³-hybridized carbons (Fsp3) is 0.444. The molecule has 1 aromatic carbocycles. The summed E-state index contributed by atoms with van der Waals surface area (Å²) in [6.07, 6.45) is 0.340. The molecule has 1 aliphatic rings. The molecule has 0 saturated heterocycles. The summed E-state index contributed by atoms with van der Waals surface area (Å²) in [7, 11) is 0. The first-order valence-electron chi connectivity index (χ1n) is 7.97. The first kappa shape index (κ1) is 15.7. The first-order chi connectivity index (χ1) is 11.1. The van der Waals surface area contributed by atoms with E-state index in [0.717, 1.165) is 29.0 Å². The summed E-state index contributed by atoms with van der Waals surface area (Å²) >= 11 is 0. The van der Waals surface area contributed by atoms with Gasteiger partial charge in [0.1, 0.15) is 5.76 Å². The Kier molecular flexibility index (Phi) is 4.48. The lowest BCUT2D eigenvalue weighted by atomic mass is 9.96. The Bertz CT molecular complexity index is 689. The molecule has 1 aromatic heterocycles. The molecule has 2 atom stereocenters. The van der Waals surface area contributed by atoms with Crippen LogP contribution in [0.25, 0.3) is 0 Å². The molecule has 2 heterocycles. The van der Waals surface area contributed by atoms with E-state index in [1.165, 1.54) is 5.56 Å². The molecule has 0 spiro atoms. The summed E-state index contributed by atoms with van der Waals surface area (Å²) in [5, 5.41) is 6.97. The number of amides is 1. The number of aromatic nitrogens is 1. The summed E-state index contributed by atoms with van der Waals surface area (Å²) in [6.45, 7) is 6.99. The van der Waals surface area contributed by atoms with Crippen molar-refractivity contribution in [1.29, 1.82) is 0 Å². The highest BCUT2D eigenvalue weighted by Gasteiger charge is 2.27. The topological polar surface area (TPSA) is 64.4 Å². The Labute approximate surface area is 136 Å². The van der Waals surface area contributed by atoms with Gasteiger partial charge in [0.2, 0.25) is 0 Å². The van der Waals surface area contributed by atoms with Crippen LogP contribution in [0.4, 0.5) is 0 Å². The van der Waals surface area contributed by atoms with Gasteiger partial charge in [0.15, 0.2) is 6.10 Å². The molecule has 0 saturated carbocycles. The second-order valence-electron chi connectivity index (χ2n) is 6.08. The van der Waals surface area contributed by atoms with Crippen molar-refractivity contribution >= 4 is 5.91 Å². The summed E-state index contributed by atoms with van der Waals surface area (Å²) < 4.78 is 10.9. The molecule has 5 nitrogen and oxygen atoms in total. The molecule has 0 radical (unpaired) electrons. The van der Waals surface area contributed by atoms with E-state index in [-0.39, 0.29) is 11.8 Å². The Morgan fingerprint density at radius 1 is 1.39 bits per heavy atom. The Hall–Kier alpha value is -2.14. The fourth-order valence-electron chi connectivity index (χ4n) is 3.25. The molecule has 122 valence electrons. The number of hydrogen-bond donors (Lipinski definition) is 1. The van der Waals surface area contributed by atoms with Crippen LogP contribution in [0, 0.1) is 13.8 Å². The number of aryl methyl sites for hydroxylation is 2. The average Bonchev–Trinajstić information content (AvgIpc) is 2.90. The minimum Gasteiger partial charge on any atom is -0.363 e. The second kappa shape index (κ2) is 6.54. The van der Waals surface area contributed by atoms with Gasteiger partial charge in [-0.15, -0.1) is 0 Å². The van der Waals surface area contributed by atoms with Crippen molar-refractivity contribution in [2.75, 3.05) is 13.2 Å². The van der Waals surface area contributed by atoms with E-state index < -0.39 is 6.10 Å². The molecular weight excluding hydrogens is 292 g/mol. The zero-order valence-electron chi connectivity index (χ0n) is 13.8. The highest BCUT2D eigenvalue weighted by molar-refractivity contribution is 5.83. The fourth-order valence-corrected chi connectivity index (χ4v) is 3.25. The van der Waals surface area contributed by atoms with Gasteiger partial charge in [-0.05, 0) is 31.4 Å². The molecule has 0 bridgehead atoms. The summed E-state index contributed by atoms with van der Waals surface area (Å²) in [5.41, 5.74) is 4.11. The standard InChI is InChI=1S/C18H22N2O3/c1-11(16-12(2)20-23-13(16)3)10-19-18(21)17-15-7-5-4-6-14(15)8-9-22-17/h4-7,11,17H,8-10H2,1-3H3,(H,19,21). The molecule has 3 rings (SSSR count). The van der Waals surface area contributed by atoms with Crippen LogP contribution in [-0.2, 0) is 16.0 Å². The number of nitrogens with zero attached hydrogens (tertiary/aromatic N) is 1. The van der Waals surface area contributed by atoms with Crippen molar-refractivity contribution in [3.8, 4) is 0 Å². The maximum Gasteiger partial charge on any atom is 0.253 e. The maximum atomic E-state index is 12.5. The average molecular weight is 314 g/mol. The number of carbonyl (C=O) groups excluding carboxylic acids is 1. The lowest BCUT2D eigenvalue weighted by molar-refractivity contribution is -0.134. The Morgan fingerprint density at radius 2 is 2.17 bits per heavy atom. The zero-order valence-corrected chi connectivity index (χ0v) is 13.8. The van der Waals surface area contributed by atoms with Gasteiger partial charge in [0.25, 0.3) is 5.91 Å². The molecule has 2 aromatic rings. The number of nitrogens with one attached hydrogen (secondary N) is 1. The van der Waals surface area contributed by atoms with Gasteiger partial charge in [0.05, 0.1) is 12.3 Å². The Morgan fingerprint density at radius 3 is 2.91 bits per heavy atom. The number of ether oxygens (including phenoxy) is 1. The van der Waals surface area contributed by atoms with Gasteiger partial charge in [-0.1, -0.05) is 36.3 Å². The van der Waals surface area contributed by atoms with Crippen molar-refractivity contribution in [2.24, 2.45) is 0 Å². The van der Waals surface area contributed by atoms with Crippen LogP contribution >= 0.6 is 0 Å². The summed E-state index contributed by atoms with van der Waals surface area (Å²) in [4.78, 5) is 12.5. The number of benzene rings is 1. The predicted molar refractivity (Wildman–Crippen MR) is 86.2 cm³/mol. The third kappa shape index (κ3) is 3.15. The normalized spacial score (nSPS) is 18.3. The zero-order chi connectivity index (χ0) is 16.4. The van der Waals surface area contributed by atoms with Crippen LogP contribution in [0.15, 0.2) is 28.8 Å². The summed E-state index contributed by atoms with van der Waals surface area (Å²) in [6, 6.07) is 7.97. The van der Waals surface area contributed by atoms with Gasteiger partial charge in [-0.3, -0.25) is 4.79 Å². The minimum absolute atomic E-state index is 0.0873. The lowest BCUT2D eigenvalue weighted by Crippen LogP contribution is -2.35. The smallest absolute Gasteiger partial charge is 0.253 e. The number of hydrogen-bond acceptors (Lipinski definition) is 4. The minimum atomic E-state index is -0.517. The van der Waals surface area contributed by atoms with E-state index in [0.29, 0.717) is 13.2 Å². The van der Waals surface area contributed by atoms with Crippen molar-refractivity contribution in [3.63, 3.8) is 0 Å². The van der Waals surface area contributed by atoms with Gasteiger partial charge in [0, 0.05) is 18.0 Å². The molecule has 1 aliphatic heterocycles. The van der Waals surface area contributed by atoms with Crippen molar-refractivity contribution < 1.29 is 14.1 Å². The molecule has 0 fully saturated rings. The van der Waals surface area contributed by atoms with E-state index in [4.69, 9.17) is 9.26 Å². The van der Waals surface area contributed by atoms with E-state index in [2.05, 4.69) is 23.5 Å². The Balaban J connectivity index is 1.67. The van der Waals surface area contributed by atoms with E-state index in [1.807, 2.05) is 32.0 Å². The monoisotopic (exact) mass is 314 g/mol. The number of carbonyl (C=O) groups is 1. The SMILES string of the molecule is Cc1noc(C)c1C(C)CNC(=O)C1OCCc2ccccc21. The van der Waals surface area contributed by atoms with Crippen molar-refractivity contribution in [1.82, 2.24) is 10.5 Å². The van der Waals surface area contributed by atoms with Gasteiger partial charge in [-0.2, -0.15) is 0 Å². The molecule has 23 heavy (non-hydrogen) atoms. The van der Waals surface area contributed by atoms with Crippen LogP contribution in [-0.4, -0.2) is 24.2 Å². The molecule has 2 unspecified atom stereocenters. The van der Waals surface area contributed by atoms with E-state index in [9.17, 15) is 4.79 Å². The number of rotatable bonds is 4. The molecule has 1 amide bonds.